The molecular formula is C14H18N2O. The number of phenolic OH excluding ortho intramolecular Hbond substituents is 1. The Balaban J connectivity index is 1.80. The summed E-state index contributed by atoms with van der Waals surface area (Å²) in [4.78, 5) is 5.91. The zero-order valence-electron chi connectivity index (χ0n) is 9.95. The second-order valence-corrected chi connectivity index (χ2v) is 4.90. The lowest BCUT2D eigenvalue weighted by molar-refractivity contribution is 0.219. The fourth-order valence-electron chi connectivity index (χ4n) is 2.62. The highest BCUT2D eigenvalue weighted by molar-refractivity contribution is 5.81. The van der Waals surface area contributed by atoms with Gasteiger partial charge in [-0.05, 0) is 50.2 Å². The topological polar surface area (TPSA) is 39.3 Å². The summed E-state index contributed by atoms with van der Waals surface area (Å²) in [6.45, 7) is 3.41. The molecule has 0 atom stereocenters. The van der Waals surface area contributed by atoms with Gasteiger partial charge in [0.25, 0.3) is 0 Å². The Kier molecular flexibility index (Phi) is 2.77. The molecule has 2 aromatic rings. The Labute approximate surface area is 101 Å². The molecule has 1 aromatic carbocycles. The molecule has 0 saturated carbocycles. The molecule has 0 aliphatic carbocycles. The molecule has 2 N–H and O–H groups in total. The highest BCUT2D eigenvalue weighted by atomic mass is 16.3. The summed E-state index contributed by atoms with van der Waals surface area (Å²) in [7, 11) is 0. The lowest BCUT2D eigenvalue weighted by Crippen LogP contribution is -2.29. The van der Waals surface area contributed by atoms with Gasteiger partial charge in [-0.1, -0.05) is 6.42 Å². The zero-order valence-corrected chi connectivity index (χ0v) is 9.95. The Hall–Kier alpha value is -1.48. The molecule has 17 heavy (non-hydrogen) atoms. The summed E-state index contributed by atoms with van der Waals surface area (Å²) in [5, 5.41) is 10.5. The average molecular weight is 230 g/mol. The number of hydrogen-bond acceptors (Lipinski definition) is 2. The van der Waals surface area contributed by atoms with Crippen molar-refractivity contribution in [1.29, 1.82) is 0 Å². The van der Waals surface area contributed by atoms with Crippen molar-refractivity contribution in [3.63, 3.8) is 0 Å². The van der Waals surface area contributed by atoms with Crippen molar-refractivity contribution < 1.29 is 5.11 Å². The second kappa shape index (κ2) is 4.41. The third-order valence-electron chi connectivity index (χ3n) is 3.50. The molecule has 0 spiro atoms. The highest BCUT2D eigenvalue weighted by Crippen LogP contribution is 2.22. The number of rotatable bonds is 2. The minimum Gasteiger partial charge on any atom is -0.508 e. The van der Waals surface area contributed by atoms with Crippen molar-refractivity contribution in [3.05, 3.63) is 30.0 Å². The molecule has 1 fully saturated rings. The molecule has 3 nitrogen and oxygen atoms in total. The largest absolute Gasteiger partial charge is 0.508 e. The number of nitrogens with one attached hydrogen (secondary N) is 1. The quantitative estimate of drug-likeness (QED) is 0.832. The van der Waals surface area contributed by atoms with E-state index in [1.165, 1.54) is 38.0 Å². The first-order chi connectivity index (χ1) is 8.31. The Morgan fingerprint density at radius 2 is 1.94 bits per heavy atom. The standard InChI is InChI=1S/C14H18N2O/c17-13-4-5-14-11(9-13)8-12(15-14)10-16-6-2-1-3-7-16/h4-5,8-9,15,17H,1-3,6-7,10H2. The number of phenols is 1. The van der Waals surface area contributed by atoms with Gasteiger partial charge in [0.2, 0.25) is 0 Å². The van der Waals surface area contributed by atoms with E-state index in [9.17, 15) is 5.11 Å². The van der Waals surface area contributed by atoms with E-state index < -0.39 is 0 Å². The van der Waals surface area contributed by atoms with Crippen LogP contribution in [0.4, 0.5) is 0 Å². The summed E-state index contributed by atoms with van der Waals surface area (Å²) in [6.07, 6.45) is 4.01. The van der Waals surface area contributed by atoms with Gasteiger partial charge in [0, 0.05) is 23.1 Å². The minimum atomic E-state index is 0.334. The molecule has 2 heterocycles. The molecule has 0 bridgehead atoms. The van der Waals surface area contributed by atoms with E-state index in [1.807, 2.05) is 12.1 Å². The maximum atomic E-state index is 9.44. The van der Waals surface area contributed by atoms with Gasteiger partial charge in [-0.25, -0.2) is 0 Å². The first kappa shape index (κ1) is 10.7. The van der Waals surface area contributed by atoms with Gasteiger partial charge < -0.3 is 10.1 Å². The maximum Gasteiger partial charge on any atom is 0.116 e. The smallest absolute Gasteiger partial charge is 0.116 e. The third-order valence-corrected chi connectivity index (χ3v) is 3.50. The van der Waals surface area contributed by atoms with Crippen LogP contribution in [0.25, 0.3) is 10.9 Å². The lowest BCUT2D eigenvalue weighted by Gasteiger charge is -2.25. The van der Waals surface area contributed by atoms with Crippen LogP contribution in [-0.4, -0.2) is 28.1 Å². The number of H-pyrrole nitrogens is 1. The molecule has 90 valence electrons. The van der Waals surface area contributed by atoms with E-state index in [1.54, 1.807) is 6.07 Å². The minimum absolute atomic E-state index is 0.334. The third kappa shape index (κ3) is 2.29. The number of aromatic hydroxyl groups is 1. The van der Waals surface area contributed by atoms with Gasteiger partial charge in [0.15, 0.2) is 0 Å². The molecule has 3 heteroatoms. The van der Waals surface area contributed by atoms with Crippen LogP contribution in [0.15, 0.2) is 24.3 Å². The van der Waals surface area contributed by atoms with Crippen molar-refractivity contribution in [1.82, 2.24) is 9.88 Å². The van der Waals surface area contributed by atoms with Crippen LogP contribution in [-0.2, 0) is 6.54 Å². The predicted molar refractivity (Wildman–Crippen MR) is 69.1 cm³/mol. The van der Waals surface area contributed by atoms with E-state index in [-0.39, 0.29) is 0 Å². The van der Waals surface area contributed by atoms with Gasteiger partial charge in [0.1, 0.15) is 5.75 Å². The number of nitrogens with zero attached hydrogens (tertiary/aromatic N) is 1. The maximum absolute atomic E-state index is 9.44. The summed E-state index contributed by atoms with van der Waals surface area (Å²) in [5.41, 5.74) is 2.35. The molecule has 0 radical (unpaired) electrons. The molecule has 1 aromatic heterocycles. The van der Waals surface area contributed by atoms with Crippen LogP contribution in [0.1, 0.15) is 25.0 Å². The average Bonchev–Trinajstić information content (AvgIpc) is 2.71. The van der Waals surface area contributed by atoms with E-state index in [0.29, 0.717) is 5.75 Å². The molecular weight excluding hydrogens is 212 g/mol. The van der Waals surface area contributed by atoms with Crippen LogP contribution in [0.3, 0.4) is 0 Å². The van der Waals surface area contributed by atoms with Crippen molar-refractivity contribution >= 4 is 10.9 Å². The van der Waals surface area contributed by atoms with E-state index in [4.69, 9.17) is 0 Å². The number of fused-ring (bicyclic) bond motifs is 1. The first-order valence-corrected chi connectivity index (χ1v) is 6.34. The number of aromatic nitrogens is 1. The van der Waals surface area contributed by atoms with Gasteiger partial charge in [0.05, 0.1) is 0 Å². The Morgan fingerprint density at radius 3 is 2.76 bits per heavy atom. The van der Waals surface area contributed by atoms with Gasteiger partial charge >= 0.3 is 0 Å². The number of likely N-dealkylation sites (tertiary alicyclic amines) is 1. The van der Waals surface area contributed by atoms with Crippen LogP contribution in [0.2, 0.25) is 0 Å². The van der Waals surface area contributed by atoms with Crippen LogP contribution >= 0.6 is 0 Å². The lowest BCUT2D eigenvalue weighted by atomic mass is 10.1. The summed E-state index contributed by atoms with van der Waals surface area (Å²) in [6, 6.07) is 7.61. The highest BCUT2D eigenvalue weighted by Gasteiger charge is 2.11. The predicted octanol–water partition coefficient (Wildman–Crippen LogP) is 2.86. The van der Waals surface area contributed by atoms with Crippen LogP contribution < -0.4 is 0 Å². The van der Waals surface area contributed by atoms with Crippen molar-refractivity contribution in [2.75, 3.05) is 13.1 Å². The van der Waals surface area contributed by atoms with Crippen molar-refractivity contribution in [2.45, 2.75) is 25.8 Å². The summed E-state index contributed by atoms with van der Waals surface area (Å²) >= 11 is 0. The van der Waals surface area contributed by atoms with Crippen LogP contribution in [0, 0.1) is 0 Å². The number of hydrogen-bond donors (Lipinski definition) is 2. The fraction of sp³-hybridized carbons (Fsp3) is 0.429. The normalized spacial score (nSPS) is 17.6. The summed E-state index contributed by atoms with van der Waals surface area (Å²) < 4.78 is 0. The molecule has 1 aliphatic rings. The number of aromatic amines is 1. The fourth-order valence-corrected chi connectivity index (χ4v) is 2.62. The summed E-state index contributed by atoms with van der Waals surface area (Å²) in [5.74, 6) is 0.334. The van der Waals surface area contributed by atoms with Crippen LogP contribution in [0.5, 0.6) is 5.75 Å². The van der Waals surface area contributed by atoms with Gasteiger partial charge in [-0.2, -0.15) is 0 Å². The molecule has 1 saturated heterocycles. The van der Waals surface area contributed by atoms with E-state index in [2.05, 4.69) is 16.0 Å². The van der Waals surface area contributed by atoms with Gasteiger partial charge in [-0.3, -0.25) is 4.90 Å². The second-order valence-electron chi connectivity index (χ2n) is 4.90. The number of benzene rings is 1. The number of piperidine rings is 1. The molecule has 0 unspecified atom stereocenters. The monoisotopic (exact) mass is 230 g/mol. The molecule has 0 amide bonds. The molecule has 3 rings (SSSR count). The van der Waals surface area contributed by atoms with Gasteiger partial charge in [-0.15, -0.1) is 0 Å². The zero-order chi connectivity index (χ0) is 11.7. The molecule has 1 aliphatic heterocycles. The van der Waals surface area contributed by atoms with E-state index >= 15 is 0 Å². The first-order valence-electron chi connectivity index (χ1n) is 6.34. The van der Waals surface area contributed by atoms with Crippen molar-refractivity contribution in [2.24, 2.45) is 0 Å². The Bertz CT molecular complexity index is 512. The van der Waals surface area contributed by atoms with E-state index in [0.717, 1.165) is 17.4 Å². The Morgan fingerprint density at radius 1 is 1.12 bits per heavy atom. The van der Waals surface area contributed by atoms with Crippen molar-refractivity contribution in [3.8, 4) is 5.75 Å². The SMILES string of the molecule is Oc1ccc2[nH]c(CN3CCCCC3)cc2c1.